The molecule has 88 valence electrons. The van der Waals surface area contributed by atoms with E-state index in [2.05, 4.69) is 15.7 Å². The number of nitrogens with two attached hydrogens (primary N) is 1. The Balaban J connectivity index is 2.86. The van der Waals surface area contributed by atoms with Gasteiger partial charge in [0.15, 0.2) is 0 Å². The fraction of sp³-hybridized carbons (Fsp3) is 0.364. The molecule has 0 saturated heterocycles. The first-order valence-electron chi connectivity index (χ1n) is 5.10. The van der Waals surface area contributed by atoms with Crippen LogP contribution in [0.15, 0.2) is 23.2 Å². The van der Waals surface area contributed by atoms with Gasteiger partial charge in [0.25, 0.3) is 0 Å². The van der Waals surface area contributed by atoms with Crippen molar-refractivity contribution in [1.29, 1.82) is 0 Å². The third-order valence-corrected chi connectivity index (χ3v) is 1.83. The molecule has 4 nitrogen and oxygen atoms in total. The Bertz CT molecular complexity index is 367. The molecule has 0 spiro atoms. The number of nitrogens with one attached hydrogen (secondary N) is 2. The molecule has 1 aromatic rings. The van der Waals surface area contributed by atoms with Gasteiger partial charge in [-0.2, -0.15) is 0 Å². The van der Waals surface area contributed by atoms with Crippen LogP contribution < -0.4 is 16.6 Å². The van der Waals surface area contributed by atoms with Crippen LogP contribution in [0.25, 0.3) is 0 Å². The summed E-state index contributed by atoms with van der Waals surface area (Å²) in [6, 6.07) is 4.77. The molecule has 0 bridgehead atoms. The summed E-state index contributed by atoms with van der Waals surface area (Å²) in [5.41, 5.74) is 3.89. The van der Waals surface area contributed by atoms with E-state index >= 15 is 0 Å². The number of nitrogens with zero attached hydrogens (tertiary/aromatic N) is 1. The first-order valence-corrected chi connectivity index (χ1v) is 5.10. The highest BCUT2D eigenvalue weighted by Gasteiger charge is 2.01. The Morgan fingerprint density at radius 2 is 2.06 bits per heavy atom. The number of hydrazine groups is 1. The highest BCUT2D eigenvalue weighted by atomic mass is 19.1. The summed E-state index contributed by atoms with van der Waals surface area (Å²) < 4.78 is 13.1. The maximum absolute atomic E-state index is 13.1. The Kier molecular flexibility index (Phi) is 4.25. The van der Waals surface area contributed by atoms with Gasteiger partial charge in [-0.3, -0.25) is 5.43 Å². The largest absolute Gasteiger partial charge is 0.325 e. The topological polar surface area (TPSA) is 62.4 Å². The van der Waals surface area contributed by atoms with E-state index in [0.29, 0.717) is 11.6 Å². The Morgan fingerprint density at radius 3 is 2.56 bits per heavy atom. The molecule has 0 atom stereocenters. The van der Waals surface area contributed by atoms with Crippen LogP contribution in [0, 0.1) is 12.7 Å². The third kappa shape index (κ3) is 3.86. The second-order valence-electron chi connectivity index (χ2n) is 3.86. The van der Waals surface area contributed by atoms with Crippen LogP contribution in [-0.2, 0) is 0 Å². The van der Waals surface area contributed by atoms with Crippen LogP contribution in [0.1, 0.15) is 19.4 Å². The molecule has 1 rings (SSSR count). The standard InChI is InChI=1S/C11H17FN4/c1-7(2)14-11(16-13)15-10-5-8(3)4-9(12)6-10/h4-7H,13H2,1-3H3,(H2,14,15,16). The highest BCUT2D eigenvalue weighted by Crippen LogP contribution is 2.13. The number of hydrogen-bond donors (Lipinski definition) is 3. The van der Waals surface area contributed by atoms with Crippen molar-refractivity contribution in [1.82, 2.24) is 5.43 Å². The van der Waals surface area contributed by atoms with Crippen LogP contribution in [0.3, 0.4) is 0 Å². The predicted octanol–water partition coefficient (Wildman–Crippen LogP) is 1.77. The van der Waals surface area contributed by atoms with E-state index in [0.717, 1.165) is 5.56 Å². The molecule has 0 unspecified atom stereocenters. The molecule has 0 aromatic heterocycles. The highest BCUT2D eigenvalue weighted by molar-refractivity contribution is 5.93. The third-order valence-electron chi connectivity index (χ3n) is 1.83. The molecule has 0 heterocycles. The zero-order valence-electron chi connectivity index (χ0n) is 9.71. The second kappa shape index (κ2) is 5.46. The van der Waals surface area contributed by atoms with Crippen molar-refractivity contribution in [2.45, 2.75) is 26.8 Å². The van der Waals surface area contributed by atoms with E-state index in [-0.39, 0.29) is 11.9 Å². The fourth-order valence-corrected chi connectivity index (χ4v) is 1.31. The van der Waals surface area contributed by atoms with E-state index in [4.69, 9.17) is 5.84 Å². The lowest BCUT2D eigenvalue weighted by molar-refractivity contribution is 0.627. The summed E-state index contributed by atoms with van der Waals surface area (Å²) in [6.45, 7) is 5.68. The van der Waals surface area contributed by atoms with Crippen molar-refractivity contribution in [2.24, 2.45) is 10.8 Å². The zero-order chi connectivity index (χ0) is 12.1. The summed E-state index contributed by atoms with van der Waals surface area (Å²) in [6.07, 6.45) is 0. The minimum atomic E-state index is -0.289. The molecule has 16 heavy (non-hydrogen) atoms. The van der Waals surface area contributed by atoms with Gasteiger partial charge in [0.2, 0.25) is 5.96 Å². The van der Waals surface area contributed by atoms with Crippen LogP contribution in [0.4, 0.5) is 10.1 Å². The summed E-state index contributed by atoms with van der Waals surface area (Å²) in [5, 5.41) is 2.92. The van der Waals surface area contributed by atoms with Crippen molar-refractivity contribution in [2.75, 3.05) is 5.32 Å². The quantitative estimate of drug-likeness (QED) is 0.310. The maximum atomic E-state index is 13.1. The second-order valence-corrected chi connectivity index (χ2v) is 3.86. The van der Waals surface area contributed by atoms with Gasteiger partial charge >= 0.3 is 0 Å². The lowest BCUT2D eigenvalue weighted by Gasteiger charge is -2.11. The molecule has 0 aliphatic heterocycles. The maximum Gasteiger partial charge on any atom is 0.210 e. The SMILES string of the molecule is Cc1cc(F)cc(NC(=NC(C)C)NN)c1. The van der Waals surface area contributed by atoms with Crippen molar-refractivity contribution in [3.63, 3.8) is 0 Å². The van der Waals surface area contributed by atoms with E-state index in [1.807, 2.05) is 26.8 Å². The first-order chi connectivity index (χ1) is 7.51. The van der Waals surface area contributed by atoms with Gasteiger partial charge < -0.3 is 5.32 Å². The molecule has 0 radical (unpaired) electrons. The molecule has 4 N–H and O–H groups in total. The fourth-order valence-electron chi connectivity index (χ4n) is 1.31. The van der Waals surface area contributed by atoms with Crippen molar-refractivity contribution in [3.05, 3.63) is 29.6 Å². The van der Waals surface area contributed by atoms with Crippen LogP contribution >= 0.6 is 0 Å². The Morgan fingerprint density at radius 1 is 1.38 bits per heavy atom. The molecular formula is C11H17FN4. The van der Waals surface area contributed by atoms with Gasteiger partial charge in [0.05, 0.1) is 0 Å². The molecule has 0 aliphatic rings. The van der Waals surface area contributed by atoms with Gasteiger partial charge in [-0.1, -0.05) is 0 Å². The molecule has 0 fully saturated rings. The smallest absolute Gasteiger partial charge is 0.210 e. The van der Waals surface area contributed by atoms with Crippen molar-refractivity contribution < 1.29 is 4.39 Å². The molecule has 0 aliphatic carbocycles. The van der Waals surface area contributed by atoms with Crippen LogP contribution in [0.2, 0.25) is 0 Å². The Labute approximate surface area is 94.7 Å². The number of guanidine groups is 1. The van der Waals surface area contributed by atoms with Crippen molar-refractivity contribution in [3.8, 4) is 0 Å². The lowest BCUT2D eigenvalue weighted by Crippen LogP contribution is -2.37. The number of halogens is 1. The van der Waals surface area contributed by atoms with Gasteiger partial charge in [-0.15, -0.1) is 0 Å². The van der Waals surface area contributed by atoms with E-state index in [1.165, 1.54) is 12.1 Å². The van der Waals surface area contributed by atoms with Crippen LogP contribution in [-0.4, -0.2) is 12.0 Å². The lowest BCUT2D eigenvalue weighted by atomic mass is 10.2. The molecule has 0 amide bonds. The van der Waals surface area contributed by atoms with E-state index in [9.17, 15) is 4.39 Å². The van der Waals surface area contributed by atoms with Gasteiger partial charge in [0, 0.05) is 11.7 Å². The molecule has 1 aromatic carbocycles. The number of anilines is 1. The zero-order valence-corrected chi connectivity index (χ0v) is 9.71. The van der Waals surface area contributed by atoms with Gasteiger partial charge in [-0.05, 0) is 44.5 Å². The number of aryl methyl sites for hydroxylation is 1. The van der Waals surface area contributed by atoms with Crippen molar-refractivity contribution >= 4 is 11.6 Å². The first kappa shape index (κ1) is 12.4. The molecular weight excluding hydrogens is 207 g/mol. The molecule has 0 saturated carbocycles. The van der Waals surface area contributed by atoms with Crippen LogP contribution in [0.5, 0.6) is 0 Å². The average molecular weight is 224 g/mol. The number of rotatable bonds is 2. The summed E-state index contributed by atoms with van der Waals surface area (Å²) in [4.78, 5) is 4.20. The summed E-state index contributed by atoms with van der Waals surface area (Å²) >= 11 is 0. The normalized spacial score (nSPS) is 11.8. The minimum Gasteiger partial charge on any atom is -0.325 e. The number of hydrogen-bond acceptors (Lipinski definition) is 2. The monoisotopic (exact) mass is 224 g/mol. The van der Waals surface area contributed by atoms with E-state index < -0.39 is 0 Å². The number of benzene rings is 1. The predicted molar refractivity (Wildman–Crippen MR) is 64.7 cm³/mol. The van der Waals surface area contributed by atoms with Gasteiger partial charge in [0.1, 0.15) is 5.82 Å². The summed E-state index contributed by atoms with van der Waals surface area (Å²) in [7, 11) is 0. The average Bonchev–Trinajstić information content (AvgIpc) is 2.14. The number of aliphatic imine (C=N–C) groups is 1. The Hall–Kier alpha value is -1.62. The minimum absolute atomic E-state index is 0.105. The summed E-state index contributed by atoms with van der Waals surface area (Å²) in [5.74, 6) is 5.44. The van der Waals surface area contributed by atoms with Gasteiger partial charge in [-0.25, -0.2) is 15.2 Å². The molecule has 5 heteroatoms. The van der Waals surface area contributed by atoms with E-state index in [1.54, 1.807) is 0 Å².